The second kappa shape index (κ2) is 18.0. The van der Waals surface area contributed by atoms with Crippen molar-refractivity contribution in [2.75, 3.05) is 4.90 Å². The van der Waals surface area contributed by atoms with Gasteiger partial charge >= 0.3 is 0 Å². The van der Waals surface area contributed by atoms with Gasteiger partial charge in [0.2, 0.25) is 0 Å². The molecule has 0 aliphatic rings. The zero-order valence-electron chi connectivity index (χ0n) is 36.4. The summed E-state index contributed by atoms with van der Waals surface area (Å²) >= 11 is 3.55. The lowest BCUT2D eigenvalue weighted by Crippen LogP contribution is -2.09. The number of rotatable bonds is 11. The van der Waals surface area contributed by atoms with E-state index in [9.17, 15) is 10.5 Å². The van der Waals surface area contributed by atoms with Gasteiger partial charge in [-0.3, -0.25) is 0 Å². The topological polar surface area (TPSA) is 60.7 Å². The van der Waals surface area contributed by atoms with Gasteiger partial charge in [-0.25, -0.2) is 0 Å². The molecule has 9 rings (SSSR count). The fourth-order valence-corrected chi connectivity index (χ4v) is 10.1. The molecular weight excluding hydrogens is 819 g/mol. The average molecular weight is 864 g/mol. The van der Waals surface area contributed by atoms with Crippen molar-refractivity contribution in [1.29, 1.82) is 10.5 Å². The smallest absolute Gasteiger partial charge is 0.0944 e. The quantitative estimate of drug-likeness (QED) is 0.122. The number of benzene rings is 5. The fraction of sp³-hybridized carbons (Fsp3) is 0.0877. The van der Waals surface area contributed by atoms with E-state index in [2.05, 4.69) is 205 Å². The van der Waals surface area contributed by atoms with Crippen LogP contribution >= 0.6 is 22.7 Å². The maximum absolute atomic E-state index is 9.45. The van der Waals surface area contributed by atoms with Crippen molar-refractivity contribution >= 4 is 97.7 Å². The first-order chi connectivity index (χ1) is 31.2. The van der Waals surface area contributed by atoms with Crippen LogP contribution in [0.3, 0.4) is 0 Å². The number of nitrogens with zero attached hydrogens (tertiary/aromatic N) is 5. The van der Waals surface area contributed by atoms with Crippen LogP contribution < -0.4 is 4.90 Å². The number of thiophene rings is 2. The summed E-state index contributed by atoms with van der Waals surface area (Å²) in [6, 6.07) is 56.5. The standard InChI is InChI=1S/C57H45N5S2/c1-38-14-20-43(21-15-38)62(44-22-16-41(17-23-44)56-32-28-46(63-56)26-30-52-48-10-6-8-12-50(48)54(60(52)4)34-39(2)36-58)45-24-18-42(19-25-45)57-33-29-47(64-57)27-31-53-49-11-7-9-13-51(49)55(61(53)5)35-40(3)37-59/h6-35H,1-5H3/b30-26+,31-27+,39-34+,40-35+. The van der Waals surface area contributed by atoms with Crippen LogP contribution in [0.15, 0.2) is 157 Å². The van der Waals surface area contributed by atoms with Gasteiger partial charge in [0.15, 0.2) is 0 Å². The number of hydrogen-bond donors (Lipinski definition) is 0. The summed E-state index contributed by atoms with van der Waals surface area (Å²) in [6.45, 7) is 5.81. The number of anilines is 3. The van der Waals surface area contributed by atoms with E-state index < -0.39 is 0 Å². The van der Waals surface area contributed by atoms with Crippen LogP contribution in [0.25, 0.3) is 78.9 Å². The SMILES string of the molecule is C/C(C#N)=C\c1c2ccccc2c(/C=C/c2ccc(-c3ccc(N(c4ccc(C)cc4)c4ccc(-c5ccc(/C=C/c6c7ccccc7c(/C=C(\C)C#N)n6C)s5)cc4)cc3)s2)n1C. The van der Waals surface area contributed by atoms with Crippen LogP contribution in [0.5, 0.6) is 0 Å². The normalized spacial score (nSPS) is 12.2. The number of allylic oxidation sites excluding steroid dienone is 2. The third-order valence-corrected chi connectivity index (χ3v) is 13.8. The van der Waals surface area contributed by atoms with Crippen molar-refractivity contribution in [3.05, 3.63) is 195 Å². The number of aromatic nitrogens is 2. The molecule has 64 heavy (non-hydrogen) atoms. The van der Waals surface area contributed by atoms with Crippen molar-refractivity contribution in [3.63, 3.8) is 0 Å². The fourth-order valence-electron chi connectivity index (χ4n) is 8.28. The van der Waals surface area contributed by atoms with Gasteiger partial charge < -0.3 is 14.0 Å². The zero-order chi connectivity index (χ0) is 44.3. The second-order valence-electron chi connectivity index (χ2n) is 16.0. The molecule has 9 aromatic rings. The Hall–Kier alpha value is -7.68. The molecule has 0 fully saturated rings. The Bertz CT molecular complexity index is 3180. The average Bonchev–Trinajstić information content (AvgIpc) is 4.11. The number of aryl methyl sites for hydroxylation is 1. The summed E-state index contributed by atoms with van der Waals surface area (Å²) in [5.74, 6) is 0. The molecule has 0 radical (unpaired) electrons. The monoisotopic (exact) mass is 863 g/mol. The molecule has 5 nitrogen and oxygen atoms in total. The minimum Gasteiger partial charge on any atom is -0.344 e. The Kier molecular flexibility index (Phi) is 11.7. The summed E-state index contributed by atoms with van der Waals surface area (Å²) < 4.78 is 4.34. The van der Waals surface area contributed by atoms with E-state index >= 15 is 0 Å². The lowest BCUT2D eigenvalue weighted by molar-refractivity contribution is 0.908. The number of hydrogen-bond acceptors (Lipinski definition) is 5. The van der Waals surface area contributed by atoms with E-state index in [4.69, 9.17) is 0 Å². The minimum absolute atomic E-state index is 0.680. The highest BCUT2D eigenvalue weighted by atomic mass is 32.1. The molecule has 0 bridgehead atoms. The van der Waals surface area contributed by atoms with Gasteiger partial charge in [-0.1, -0.05) is 90.5 Å². The molecule has 0 saturated heterocycles. The Labute approximate surface area is 383 Å². The van der Waals surface area contributed by atoms with E-state index in [1.54, 1.807) is 22.7 Å². The lowest BCUT2D eigenvalue weighted by atomic mass is 10.1. The van der Waals surface area contributed by atoms with Crippen LogP contribution in [0.4, 0.5) is 17.1 Å². The predicted molar refractivity (Wildman–Crippen MR) is 275 cm³/mol. The maximum atomic E-state index is 9.45. The second-order valence-corrected chi connectivity index (χ2v) is 18.2. The Morgan fingerprint density at radius 1 is 0.469 bits per heavy atom. The van der Waals surface area contributed by atoms with Crippen molar-refractivity contribution < 1.29 is 0 Å². The van der Waals surface area contributed by atoms with E-state index in [0.717, 1.165) is 61.4 Å². The summed E-state index contributed by atoms with van der Waals surface area (Å²) in [6.07, 6.45) is 12.7. The molecule has 7 heteroatoms. The van der Waals surface area contributed by atoms with Gasteiger partial charge in [-0.05, 0) is 129 Å². The molecule has 0 saturated carbocycles. The van der Waals surface area contributed by atoms with Crippen LogP contribution in [0, 0.1) is 29.6 Å². The zero-order valence-corrected chi connectivity index (χ0v) is 38.0. The van der Waals surface area contributed by atoms with Gasteiger partial charge in [0.1, 0.15) is 0 Å². The van der Waals surface area contributed by atoms with Gasteiger partial charge in [0.05, 0.1) is 12.1 Å². The third kappa shape index (κ3) is 8.31. The van der Waals surface area contributed by atoms with Gasteiger partial charge in [-0.2, -0.15) is 10.5 Å². The highest BCUT2D eigenvalue weighted by Crippen LogP contribution is 2.39. The first-order valence-corrected chi connectivity index (χ1v) is 22.8. The van der Waals surface area contributed by atoms with E-state index in [1.165, 1.54) is 36.2 Å². The molecule has 4 heterocycles. The van der Waals surface area contributed by atoms with Crippen molar-refractivity contribution in [1.82, 2.24) is 9.13 Å². The van der Waals surface area contributed by atoms with Gasteiger partial charge in [-0.15, -0.1) is 22.7 Å². The molecule has 0 N–H and O–H groups in total. The van der Waals surface area contributed by atoms with Gasteiger partial charge in [0, 0.05) is 106 Å². The molecule has 0 amide bonds. The first kappa shape index (κ1) is 41.7. The summed E-state index contributed by atoms with van der Waals surface area (Å²) in [4.78, 5) is 7.07. The molecule has 0 aliphatic heterocycles. The van der Waals surface area contributed by atoms with Gasteiger partial charge in [0.25, 0.3) is 0 Å². The number of nitriles is 2. The largest absolute Gasteiger partial charge is 0.344 e. The first-order valence-electron chi connectivity index (χ1n) is 21.1. The summed E-state index contributed by atoms with van der Waals surface area (Å²) in [5, 5.41) is 23.5. The maximum Gasteiger partial charge on any atom is 0.0944 e. The number of fused-ring (bicyclic) bond motifs is 2. The Balaban J connectivity index is 0.951. The predicted octanol–water partition coefficient (Wildman–Crippen LogP) is 16.1. The highest BCUT2D eigenvalue weighted by molar-refractivity contribution is 7.16. The molecule has 4 aromatic heterocycles. The summed E-state index contributed by atoms with van der Waals surface area (Å²) in [7, 11) is 4.13. The molecule has 0 spiro atoms. The molecule has 5 aromatic carbocycles. The molecule has 310 valence electrons. The van der Waals surface area contributed by atoms with Crippen LogP contribution in [0.2, 0.25) is 0 Å². The molecule has 0 aliphatic carbocycles. The van der Waals surface area contributed by atoms with Crippen molar-refractivity contribution in [2.24, 2.45) is 14.1 Å². The Morgan fingerprint density at radius 3 is 1.20 bits per heavy atom. The van der Waals surface area contributed by atoms with Crippen molar-refractivity contribution in [2.45, 2.75) is 20.8 Å². The van der Waals surface area contributed by atoms with E-state index in [-0.39, 0.29) is 0 Å². The van der Waals surface area contributed by atoms with Crippen LogP contribution in [0.1, 0.15) is 51.9 Å². The minimum atomic E-state index is 0.680. The van der Waals surface area contributed by atoms with E-state index in [1.807, 2.05) is 38.1 Å². The van der Waals surface area contributed by atoms with E-state index in [0.29, 0.717) is 11.1 Å². The Morgan fingerprint density at radius 2 is 0.828 bits per heavy atom. The highest BCUT2D eigenvalue weighted by Gasteiger charge is 2.16. The summed E-state index contributed by atoms with van der Waals surface area (Å²) in [5.41, 5.74) is 12.5. The lowest BCUT2D eigenvalue weighted by Gasteiger charge is -2.26. The molecular formula is C57H45N5S2. The van der Waals surface area contributed by atoms with Crippen molar-refractivity contribution in [3.8, 4) is 33.0 Å². The third-order valence-electron chi connectivity index (χ3n) is 11.6. The molecule has 0 unspecified atom stereocenters. The van der Waals surface area contributed by atoms with Crippen LogP contribution in [-0.4, -0.2) is 9.13 Å². The van der Waals surface area contributed by atoms with Crippen LogP contribution in [-0.2, 0) is 14.1 Å². The molecule has 0 atom stereocenters.